The Hall–Kier alpha value is -1.20. The van der Waals surface area contributed by atoms with E-state index in [9.17, 15) is 12.8 Å². The minimum Gasteiger partial charge on any atom is -0.311 e. The Morgan fingerprint density at radius 1 is 1.30 bits per heavy atom. The molecule has 2 fully saturated rings. The van der Waals surface area contributed by atoms with E-state index in [1.54, 1.807) is 13.1 Å². The SMILES string of the molecule is CN(C1CC2CCC(C1)N2)S(=O)(=O)c1ccc(F)c(C#N)c1.Cl. The van der Waals surface area contributed by atoms with Crippen molar-refractivity contribution in [1.82, 2.24) is 9.62 Å². The number of rotatable bonds is 3. The summed E-state index contributed by atoms with van der Waals surface area (Å²) in [5, 5.41) is 12.3. The third kappa shape index (κ3) is 3.36. The van der Waals surface area contributed by atoms with E-state index < -0.39 is 15.8 Å². The summed E-state index contributed by atoms with van der Waals surface area (Å²) in [7, 11) is -2.15. The van der Waals surface area contributed by atoms with Gasteiger partial charge in [-0.15, -0.1) is 12.4 Å². The molecule has 2 unspecified atom stereocenters. The Labute approximate surface area is 141 Å². The summed E-state index contributed by atoms with van der Waals surface area (Å²) < 4.78 is 40.2. The molecule has 2 aliphatic rings. The third-order valence-corrected chi connectivity index (χ3v) is 6.60. The van der Waals surface area contributed by atoms with Crippen LogP contribution in [-0.4, -0.2) is 37.9 Å². The molecule has 0 saturated carbocycles. The zero-order valence-corrected chi connectivity index (χ0v) is 14.3. The Morgan fingerprint density at radius 2 is 1.91 bits per heavy atom. The molecule has 126 valence electrons. The van der Waals surface area contributed by atoms with Crippen molar-refractivity contribution in [2.24, 2.45) is 0 Å². The van der Waals surface area contributed by atoms with Gasteiger partial charge in [0.05, 0.1) is 10.5 Å². The van der Waals surface area contributed by atoms with Crippen molar-refractivity contribution >= 4 is 22.4 Å². The molecule has 0 aliphatic carbocycles. The van der Waals surface area contributed by atoms with Crippen LogP contribution in [0.1, 0.15) is 31.2 Å². The number of halogens is 2. The van der Waals surface area contributed by atoms with Crippen molar-refractivity contribution in [2.75, 3.05) is 7.05 Å². The van der Waals surface area contributed by atoms with Crippen molar-refractivity contribution in [3.8, 4) is 6.07 Å². The highest BCUT2D eigenvalue weighted by Crippen LogP contribution is 2.31. The lowest BCUT2D eigenvalue weighted by Gasteiger charge is -2.34. The molecule has 23 heavy (non-hydrogen) atoms. The molecule has 0 amide bonds. The molecule has 3 rings (SSSR count). The number of benzene rings is 1. The molecule has 5 nitrogen and oxygen atoms in total. The zero-order chi connectivity index (χ0) is 15.9. The van der Waals surface area contributed by atoms with E-state index in [0.29, 0.717) is 12.1 Å². The standard InChI is InChI=1S/C15H18FN3O2S.ClH/c1-19(13-7-11-2-3-12(8-13)18-11)22(20,21)14-4-5-15(16)10(6-14)9-17;/h4-6,11-13,18H,2-3,7-8H2,1H3;1H. The van der Waals surface area contributed by atoms with Gasteiger partial charge >= 0.3 is 0 Å². The Morgan fingerprint density at radius 3 is 2.48 bits per heavy atom. The fourth-order valence-corrected chi connectivity index (χ4v) is 4.84. The maximum Gasteiger partial charge on any atom is 0.243 e. The Bertz CT molecular complexity index is 723. The molecule has 2 saturated heterocycles. The van der Waals surface area contributed by atoms with E-state index in [2.05, 4.69) is 5.32 Å². The number of nitriles is 1. The highest BCUT2D eigenvalue weighted by molar-refractivity contribution is 7.89. The van der Waals surface area contributed by atoms with Crippen molar-refractivity contribution in [1.29, 1.82) is 5.26 Å². The first kappa shape index (κ1) is 18.1. The van der Waals surface area contributed by atoms with E-state index in [1.807, 2.05) is 0 Å². The Kier molecular flexibility index (Phi) is 5.31. The van der Waals surface area contributed by atoms with Crippen LogP contribution in [0.2, 0.25) is 0 Å². The molecule has 0 spiro atoms. The topological polar surface area (TPSA) is 73.2 Å². The molecule has 2 atom stereocenters. The van der Waals surface area contributed by atoms with Crippen LogP contribution < -0.4 is 5.32 Å². The molecule has 1 aromatic carbocycles. The monoisotopic (exact) mass is 359 g/mol. The summed E-state index contributed by atoms with van der Waals surface area (Å²) in [4.78, 5) is -0.0289. The average molecular weight is 360 g/mol. The van der Waals surface area contributed by atoms with Gasteiger partial charge in [0, 0.05) is 25.2 Å². The van der Waals surface area contributed by atoms with Crippen molar-refractivity contribution in [3.05, 3.63) is 29.6 Å². The first-order valence-electron chi connectivity index (χ1n) is 7.35. The normalized spacial score (nSPS) is 26.6. The molecule has 2 heterocycles. The van der Waals surface area contributed by atoms with Gasteiger partial charge in [-0.2, -0.15) is 9.57 Å². The number of nitrogens with zero attached hydrogens (tertiary/aromatic N) is 2. The predicted octanol–water partition coefficient (Wildman–Crippen LogP) is 2.02. The first-order chi connectivity index (χ1) is 10.4. The van der Waals surface area contributed by atoms with Crippen LogP contribution in [0.4, 0.5) is 4.39 Å². The molecule has 8 heteroatoms. The summed E-state index contributed by atoms with van der Waals surface area (Å²) in [6.45, 7) is 0. The van der Waals surface area contributed by atoms with Gasteiger partial charge in [0.25, 0.3) is 0 Å². The average Bonchev–Trinajstić information content (AvgIpc) is 2.85. The highest BCUT2D eigenvalue weighted by Gasteiger charge is 2.38. The van der Waals surface area contributed by atoms with Gasteiger partial charge in [-0.1, -0.05) is 0 Å². The van der Waals surface area contributed by atoms with Gasteiger partial charge in [0.1, 0.15) is 11.9 Å². The Balaban J connectivity index is 0.00000192. The predicted molar refractivity (Wildman–Crippen MR) is 86.3 cm³/mol. The van der Waals surface area contributed by atoms with Crippen LogP contribution in [0, 0.1) is 17.1 Å². The molecule has 2 aliphatic heterocycles. The summed E-state index contributed by atoms with van der Waals surface area (Å²) in [5.41, 5.74) is -0.250. The smallest absolute Gasteiger partial charge is 0.243 e. The zero-order valence-electron chi connectivity index (χ0n) is 12.7. The molecule has 1 N–H and O–H groups in total. The summed E-state index contributed by atoms with van der Waals surface area (Å²) >= 11 is 0. The van der Waals surface area contributed by atoms with Crippen molar-refractivity contribution in [2.45, 2.75) is 48.7 Å². The maximum absolute atomic E-state index is 13.4. The van der Waals surface area contributed by atoms with Crippen LogP contribution >= 0.6 is 12.4 Å². The van der Waals surface area contributed by atoms with Gasteiger partial charge in [0.2, 0.25) is 10.0 Å². The van der Waals surface area contributed by atoms with Crippen LogP contribution in [0.25, 0.3) is 0 Å². The summed E-state index contributed by atoms with van der Waals surface area (Å²) in [6, 6.07) is 5.75. The van der Waals surface area contributed by atoms with E-state index in [0.717, 1.165) is 37.8 Å². The number of fused-ring (bicyclic) bond motifs is 2. The van der Waals surface area contributed by atoms with Crippen LogP contribution in [0.3, 0.4) is 0 Å². The highest BCUT2D eigenvalue weighted by atomic mass is 35.5. The van der Waals surface area contributed by atoms with Crippen molar-refractivity contribution < 1.29 is 12.8 Å². The second kappa shape index (κ2) is 6.73. The first-order valence-corrected chi connectivity index (χ1v) is 8.79. The lowest BCUT2D eigenvalue weighted by Crippen LogP contribution is -2.48. The molecule has 0 radical (unpaired) electrons. The fourth-order valence-electron chi connectivity index (χ4n) is 3.44. The van der Waals surface area contributed by atoms with Gasteiger partial charge in [-0.25, -0.2) is 12.8 Å². The third-order valence-electron chi connectivity index (χ3n) is 4.70. The minimum atomic E-state index is -3.72. The number of hydrogen-bond acceptors (Lipinski definition) is 4. The van der Waals surface area contributed by atoms with Gasteiger partial charge in [0.15, 0.2) is 0 Å². The van der Waals surface area contributed by atoms with E-state index >= 15 is 0 Å². The van der Waals surface area contributed by atoms with E-state index in [-0.39, 0.29) is 28.9 Å². The quantitative estimate of drug-likeness (QED) is 0.896. The number of piperidine rings is 1. The van der Waals surface area contributed by atoms with Gasteiger partial charge in [-0.3, -0.25) is 0 Å². The second-order valence-electron chi connectivity index (χ2n) is 6.04. The number of hydrogen-bond donors (Lipinski definition) is 1. The lowest BCUT2D eigenvalue weighted by atomic mass is 10.0. The minimum absolute atomic E-state index is 0. The molecule has 1 aromatic rings. The largest absolute Gasteiger partial charge is 0.311 e. The van der Waals surface area contributed by atoms with Crippen LogP contribution in [-0.2, 0) is 10.0 Å². The van der Waals surface area contributed by atoms with Crippen molar-refractivity contribution in [3.63, 3.8) is 0 Å². The molecule has 2 bridgehead atoms. The number of nitrogens with one attached hydrogen (secondary N) is 1. The molecule has 0 aromatic heterocycles. The molecular weight excluding hydrogens is 341 g/mol. The fraction of sp³-hybridized carbons (Fsp3) is 0.533. The van der Waals surface area contributed by atoms with Crippen LogP contribution in [0.15, 0.2) is 23.1 Å². The van der Waals surface area contributed by atoms with Gasteiger partial charge in [-0.05, 0) is 43.9 Å². The maximum atomic E-state index is 13.4. The van der Waals surface area contributed by atoms with E-state index in [4.69, 9.17) is 5.26 Å². The lowest BCUT2D eigenvalue weighted by molar-refractivity contribution is 0.251. The molecular formula is C15H19ClFN3O2S. The van der Waals surface area contributed by atoms with E-state index in [1.165, 1.54) is 10.4 Å². The summed E-state index contributed by atoms with van der Waals surface area (Å²) in [6.07, 6.45) is 3.76. The summed E-state index contributed by atoms with van der Waals surface area (Å²) in [5.74, 6) is -0.705. The number of sulfonamides is 1. The van der Waals surface area contributed by atoms with Crippen LogP contribution in [0.5, 0.6) is 0 Å². The van der Waals surface area contributed by atoms with Gasteiger partial charge < -0.3 is 5.32 Å². The second-order valence-corrected chi connectivity index (χ2v) is 8.04.